The van der Waals surface area contributed by atoms with Gasteiger partial charge < -0.3 is 24.8 Å². The van der Waals surface area contributed by atoms with E-state index in [-0.39, 0.29) is 13.2 Å². The van der Waals surface area contributed by atoms with Gasteiger partial charge in [-0.15, -0.1) is 0 Å². The van der Waals surface area contributed by atoms with Gasteiger partial charge in [0.05, 0.1) is 26.5 Å². The lowest BCUT2D eigenvalue weighted by Crippen LogP contribution is -2.37. The molecule has 0 heterocycles. The molecule has 0 radical (unpaired) electrons. The van der Waals surface area contributed by atoms with Crippen LogP contribution in [-0.2, 0) is 9.59 Å². The minimum atomic E-state index is -0.769. The first-order valence-electron chi connectivity index (χ1n) is 7.63. The molecule has 7 heteroatoms. The smallest absolute Gasteiger partial charge is 0.313 e. The fourth-order valence-corrected chi connectivity index (χ4v) is 2.01. The van der Waals surface area contributed by atoms with E-state index in [2.05, 4.69) is 10.6 Å². The Morgan fingerprint density at radius 2 is 1.56 bits per heavy atom. The van der Waals surface area contributed by atoms with Crippen molar-refractivity contribution in [3.05, 3.63) is 48.5 Å². The fraction of sp³-hybridized carbons (Fsp3) is 0.222. The number of hydrogen-bond acceptors (Lipinski definition) is 5. The lowest BCUT2D eigenvalue weighted by Gasteiger charge is -2.10. The zero-order valence-corrected chi connectivity index (χ0v) is 14.1. The maximum Gasteiger partial charge on any atom is 0.313 e. The SMILES string of the molecule is COc1ccc(OCCNC(=O)C(=O)Nc2ccccc2OC)cc1. The second kappa shape index (κ2) is 9.17. The molecule has 0 atom stereocenters. The van der Waals surface area contributed by atoms with Crippen molar-refractivity contribution in [1.82, 2.24) is 5.32 Å². The van der Waals surface area contributed by atoms with Crippen molar-refractivity contribution in [1.29, 1.82) is 0 Å². The van der Waals surface area contributed by atoms with Crippen LogP contribution in [0.2, 0.25) is 0 Å². The largest absolute Gasteiger partial charge is 0.497 e. The molecule has 25 heavy (non-hydrogen) atoms. The van der Waals surface area contributed by atoms with Crippen LogP contribution in [0.5, 0.6) is 17.2 Å². The lowest BCUT2D eigenvalue weighted by atomic mass is 10.3. The van der Waals surface area contributed by atoms with Crippen LogP contribution in [0.3, 0.4) is 0 Å². The molecule has 2 N–H and O–H groups in total. The fourth-order valence-electron chi connectivity index (χ4n) is 2.01. The van der Waals surface area contributed by atoms with E-state index in [1.54, 1.807) is 55.6 Å². The van der Waals surface area contributed by atoms with Crippen LogP contribution in [-0.4, -0.2) is 39.2 Å². The predicted molar refractivity (Wildman–Crippen MR) is 93.1 cm³/mol. The number of carbonyl (C=O) groups is 2. The van der Waals surface area contributed by atoms with Gasteiger partial charge in [0.1, 0.15) is 23.9 Å². The predicted octanol–water partition coefficient (Wildman–Crippen LogP) is 1.84. The van der Waals surface area contributed by atoms with E-state index in [1.165, 1.54) is 7.11 Å². The monoisotopic (exact) mass is 344 g/mol. The van der Waals surface area contributed by atoms with E-state index in [0.29, 0.717) is 17.2 Å². The standard InChI is InChI=1S/C18H20N2O5/c1-23-13-7-9-14(10-8-13)25-12-11-19-17(21)18(22)20-15-5-3-4-6-16(15)24-2/h3-10H,11-12H2,1-2H3,(H,19,21)(H,20,22). The van der Waals surface area contributed by atoms with E-state index in [4.69, 9.17) is 14.2 Å². The molecule has 0 aromatic heterocycles. The van der Waals surface area contributed by atoms with Crippen LogP contribution in [0.15, 0.2) is 48.5 Å². The zero-order chi connectivity index (χ0) is 18.1. The summed E-state index contributed by atoms with van der Waals surface area (Å²) in [6, 6.07) is 13.9. The maximum atomic E-state index is 11.9. The number of hydrogen-bond donors (Lipinski definition) is 2. The van der Waals surface area contributed by atoms with Crippen molar-refractivity contribution in [2.75, 3.05) is 32.7 Å². The number of methoxy groups -OCH3 is 2. The number of para-hydroxylation sites is 2. The topological polar surface area (TPSA) is 85.9 Å². The molecule has 2 amide bonds. The summed E-state index contributed by atoms with van der Waals surface area (Å²) in [5, 5.41) is 4.99. The maximum absolute atomic E-state index is 11.9. The number of anilines is 1. The molecular weight excluding hydrogens is 324 g/mol. The molecule has 2 aromatic carbocycles. The third kappa shape index (κ3) is 5.42. The van der Waals surface area contributed by atoms with Gasteiger partial charge in [-0.3, -0.25) is 9.59 Å². The molecule has 2 rings (SSSR count). The Labute approximate surface area is 145 Å². The lowest BCUT2D eigenvalue weighted by molar-refractivity contribution is -0.136. The van der Waals surface area contributed by atoms with E-state index in [1.807, 2.05) is 0 Å². The molecule has 0 aliphatic carbocycles. The Kier molecular flexibility index (Phi) is 6.65. The van der Waals surface area contributed by atoms with E-state index in [0.717, 1.165) is 5.75 Å². The van der Waals surface area contributed by atoms with Crippen molar-refractivity contribution in [3.63, 3.8) is 0 Å². The number of ether oxygens (including phenoxy) is 3. The van der Waals surface area contributed by atoms with Crippen molar-refractivity contribution in [2.24, 2.45) is 0 Å². The summed E-state index contributed by atoms with van der Waals surface area (Å²) >= 11 is 0. The molecule has 0 saturated carbocycles. The van der Waals surface area contributed by atoms with Crippen LogP contribution in [0.1, 0.15) is 0 Å². The minimum absolute atomic E-state index is 0.199. The quantitative estimate of drug-likeness (QED) is 0.591. The summed E-state index contributed by atoms with van der Waals surface area (Å²) in [7, 11) is 3.07. The third-order valence-electron chi connectivity index (χ3n) is 3.28. The Hall–Kier alpha value is -3.22. The van der Waals surface area contributed by atoms with Crippen molar-refractivity contribution in [2.45, 2.75) is 0 Å². The molecule has 0 aliphatic rings. The molecule has 0 bridgehead atoms. The van der Waals surface area contributed by atoms with Crippen molar-refractivity contribution < 1.29 is 23.8 Å². The Bertz CT molecular complexity index is 716. The third-order valence-corrected chi connectivity index (χ3v) is 3.28. The summed E-state index contributed by atoms with van der Waals surface area (Å²) in [6.45, 7) is 0.435. The molecule has 0 fully saturated rings. The first-order valence-corrected chi connectivity index (χ1v) is 7.63. The molecule has 0 saturated heterocycles. The Balaban J connectivity index is 1.74. The van der Waals surface area contributed by atoms with Gasteiger partial charge in [0.15, 0.2) is 0 Å². The number of amides is 2. The summed E-state index contributed by atoms with van der Waals surface area (Å²) in [5.74, 6) is 0.340. The average Bonchev–Trinajstić information content (AvgIpc) is 2.65. The first-order chi connectivity index (χ1) is 12.1. The van der Waals surface area contributed by atoms with Crippen LogP contribution in [0, 0.1) is 0 Å². The van der Waals surface area contributed by atoms with Crippen LogP contribution in [0.25, 0.3) is 0 Å². The van der Waals surface area contributed by atoms with E-state index < -0.39 is 11.8 Å². The van der Waals surface area contributed by atoms with Gasteiger partial charge in [0.25, 0.3) is 0 Å². The molecule has 0 spiro atoms. The van der Waals surface area contributed by atoms with E-state index in [9.17, 15) is 9.59 Å². The molecular formula is C18H20N2O5. The average molecular weight is 344 g/mol. The highest BCUT2D eigenvalue weighted by atomic mass is 16.5. The van der Waals surface area contributed by atoms with Crippen molar-refractivity contribution >= 4 is 17.5 Å². The van der Waals surface area contributed by atoms with Crippen LogP contribution >= 0.6 is 0 Å². The highest BCUT2D eigenvalue weighted by molar-refractivity contribution is 6.39. The van der Waals surface area contributed by atoms with Gasteiger partial charge in [-0.05, 0) is 36.4 Å². The highest BCUT2D eigenvalue weighted by Gasteiger charge is 2.15. The number of carbonyl (C=O) groups excluding carboxylic acids is 2. The molecule has 0 aliphatic heterocycles. The second-order valence-corrected chi connectivity index (χ2v) is 4.93. The zero-order valence-electron chi connectivity index (χ0n) is 14.1. The van der Waals surface area contributed by atoms with Gasteiger partial charge in [-0.1, -0.05) is 12.1 Å². The van der Waals surface area contributed by atoms with Gasteiger partial charge in [0.2, 0.25) is 0 Å². The summed E-state index contributed by atoms with van der Waals surface area (Å²) in [5.41, 5.74) is 0.430. The molecule has 0 unspecified atom stereocenters. The first kappa shape index (κ1) is 18.1. The Morgan fingerprint density at radius 1 is 0.880 bits per heavy atom. The van der Waals surface area contributed by atoms with Gasteiger partial charge in [0, 0.05) is 0 Å². The molecule has 7 nitrogen and oxygen atoms in total. The number of rotatable bonds is 7. The van der Waals surface area contributed by atoms with Gasteiger partial charge in [-0.2, -0.15) is 0 Å². The minimum Gasteiger partial charge on any atom is -0.497 e. The van der Waals surface area contributed by atoms with Crippen LogP contribution in [0.4, 0.5) is 5.69 Å². The Morgan fingerprint density at radius 3 is 2.24 bits per heavy atom. The summed E-state index contributed by atoms with van der Waals surface area (Å²) in [4.78, 5) is 23.7. The summed E-state index contributed by atoms with van der Waals surface area (Å²) in [6.07, 6.45) is 0. The second-order valence-electron chi connectivity index (χ2n) is 4.93. The normalized spacial score (nSPS) is 9.84. The van der Waals surface area contributed by atoms with Crippen molar-refractivity contribution in [3.8, 4) is 17.2 Å². The number of nitrogens with one attached hydrogen (secondary N) is 2. The highest BCUT2D eigenvalue weighted by Crippen LogP contribution is 2.22. The summed E-state index contributed by atoms with van der Waals surface area (Å²) < 4.78 is 15.6. The van der Waals surface area contributed by atoms with Crippen LogP contribution < -0.4 is 24.8 Å². The molecule has 2 aromatic rings. The molecule has 132 valence electrons. The van der Waals surface area contributed by atoms with Gasteiger partial charge in [-0.25, -0.2) is 0 Å². The van der Waals surface area contributed by atoms with E-state index >= 15 is 0 Å². The number of benzene rings is 2. The van der Waals surface area contributed by atoms with Gasteiger partial charge >= 0.3 is 11.8 Å².